The van der Waals surface area contributed by atoms with Gasteiger partial charge in [-0.3, -0.25) is 0 Å². The first-order valence-electron chi connectivity index (χ1n) is 13.5. The van der Waals surface area contributed by atoms with Crippen molar-refractivity contribution in [2.75, 3.05) is 23.7 Å². The molecule has 194 valence electrons. The maximum Gasteiger partial charge on any atom is 0.192 e. The molecule has 1 heterocycles. The number of hydrogen-bond acceptors (Lipinski definition) is 4. The van der Waals surface area contributed by atoms with Gasteiger partial charge in [-0.15, -0.1) is 0 Å². The number of anilines is 1. The summed E-state index contributed by atoms with van der Waals surface area (Å²) >= 11 is 0. The minimum atomic E-state index is -2.91. The summed E-state index contributed by atoms with van der Waals surface area (Å²) in [6.45, 7) is 17.3. The van der Waals surface area contributed by atoms with Crippen LogP contribution in [-0.4, -0.2) is 46.9 Å². The fraction of sp³-hybridized carbons (Fsp3) is 0.786. The van der Waals surface area contributed by atoms with Crippen LogP contribution in [0.4, 0.5) is 5.69 Å². The van der Waals surface area contributed by atoms with Gasteiger partial charge in [-0.1, -0.05) is 45.7 Å². The zero-order chi connectivity index (χ0) is 25.1. The molecule has 6 heteroatoms. The molecule has 1 unspecified atom stereocenters. The maximum absolute atomic E-state index is 12.2. The van der Waals surface area contributed by atoms with Crippen molar-refractivity contribution in [3.05, 3.63) is 29.8 Å². The van der Waals surface area contributed by atoms with Crippen molar-refractivity contribution in [3.63, 3.8) is 0 Å². The van der Waals surface area contributed by atoms with Crippen molar-refractivity contribution in [1.82, 2.24) is 0 Å². The Morgan fingerprint density at radius 2 is 1.59 bits per heavy atom. The van der Waals surface area contributed by atoms with E-state index < -0.39 is 18.2 Å². The fourth-order valence-electron chi connectivity index (χ4n) is 5.10. The zero-order valence-corrected chi connectivity index (χ0v) is 24.6. The summed E-state index contributed by atoms with van der Waals surface area (Å²) in [6, 6.07) is 9.19. The van der Waals surface area contributed by atoms with Crippen molar-refractivity contribution in [2.24, 2.45) is 11.8 Å². The van der Waals surface area contributed by atoms with E-state index in [1.807, 2.05) is 0 Å². The minimum Gasteiger partial charge on any atom is -0.412 e. The van der Waals surface area contributed by atoms with Gasteiger partial charge in [0, 0.05) is 18.8 Å². The highest BCUT2D eigenvalue weighted by Crippen LogP contribution is 2.39. The van der Waals surface area contributed by atoms with Crippen LogP contribution in [0, 0.1) is 11.8 Å². The van der Waals surface area contributed by atoms with Crippen LogP contribution in [0.25, 0.3) is 0 Å². The van der Waals surface area contributed by atoms with Crippen molar-refractivity contribution >= 4 is 23.8 Å². The molecule has 0 N–H and O–H groups in total. The molecule has 3 rings (SSSR count). The van der Waals surface area contributed by atoms with Gasteiger partial charge in [-0.05, 0) is 93.6 Å². The second-order valence-electron chi connectivity index (χ2n) is 12.7. The van der Waals surface area contributed by atoms with Gasteiger partial charge in [-0.2, -0.15) is 0 Å². The lowest BCUT2D eigenvalue weighted by molar-refractivity contribution is 0.202. The standard InChI is InChI=1S/C28H49NO3SSi/c1-22(2)33(30,31)21-25-12-10-23(11-13-25)8-9-24-14-16-26(17-15-24)29-19-18-27(20-29)32-34(6,7)28(3,4)5/h14-17,22-23,25,27H,8-13,18-21H2,1-7H3. The Morgan fingerprint density at radius 1 is 1.00 bits per heavy atom. The molecule has 2 fully saturated rings. The predicted octanol–water partition coefficient (Wildman–Crippen LogP) is 6.85. The van der Waals surface area contributed by atoms with Gasteiger partial charge < -0.3 is 9.33 Å². The van der Waals surface area contributed by atoms with Crippen molar-refractivity contribution in [2.45, 2.75) is 109 Å². The Balaban J connectivity index is 1.42. The normalized spacial score (nSPS) is 24.7. The summed E-state index contributed by atoms with van der Waals surface area (Å²) in [5.74, 6) is 1.49. The predicted molar refractivity (Wildman–Crippen MR) is 148 cm³/mol. The van der Waals surface area contributed by atoms with Crippen LogP contribution in [0.2, 0.25) is 18.1 Å². The van der Waals surface area contributed by atoms with Gasteiger partial charge >= 0.3 is 0 Å². The van der Waals surface area contributed by atoms with Crippen LogP contribution in [0.5, 0.6) is 0 Å². The number of sulfone groups is 1. The topological polar surface area (TPSA) is 46.6 Å². The average molecular weight is 508 g/mol. The zero-order valence-electron chi connectivity index (χ0n) is 22.8. The first-order valence-corrected chi connectivity index (χ1v) is 18.1. The third-order valence-electron chi connectivity index (χ3n) is 8.71. The summed E-state index contributed by atoms with van der Waals surface area (Å²) in [7, 11) is -4.63. The molecule has 0 radical (unpaired) electrons. The van der Waals surface area contributed by atoms with Crippen LogP contribution in [0.1, 0.15) is 78.7 Å². The number of hydrogen-bond donors (Lipinski definition) is 0. The number of aryl methyl sites for hydroxylation is 1. The molecule has 1 saturated carbocycles. The quantitative estimate of drug-likeness (QED) is 0.343. The Morgan fingerprint density at radius 3 is 2.15 bits per heavy atom. The molecule has 1 aromatic rings. The highest BCUT2D eigenvalue weighted by Gasteiger charge is 2.40. The first kappa shape index (κ1) is 27.7. The molecule has 1 atom stereocenters. The number of rotatable bonds is 9. The van der Waals surface area contributed by atoms with Crippen molar-refractivity contribution in [1.29, 1.82) is 0 Å². The van der Waals surface area contributed by atoms with Crippen LogP contribution in [0.15, 0.2) is 24.3 Å². The minimum absolute atomic E-state index is 0.246. The molecule has 0 aromatic heterocycles. The lowest BCUT2D eigenvalue weighted by atomic mass is 9.80. The Kier molecular flexibility index (Phi) is 9.00. The maximum atomic E-state index is 12.2. The van der Waals surface area contributed by atoms with E-state index in [4.69, 9.17) is 4.43 Å². The van der Waals surface area contributed by atoms with Gasteiger partial charge in [0.15, 0.2) is 18.2 Å². The highest BCUT2D eigenvalue weighted by molar-refractivity contribution is 7.91. The molecule has 1 aromatic carbocycles. The molecular weight excluding hydrogens is 458 g/mol. The summed E-state index contributed by atoms with van der Waals surface area (Å²) in [5, 5.41) is 0.0111. The van der Waals surface area contributed by atoms with E-state index in [-0.39, 0.29) is 10.3 Å². The molecule has 2 aliphatic rings. The molecule has 1 saturated heterocycles. The molecule has 0 spiro atoms. The smallest absolute Gasteiger partial charge is 0.192 e. The third-order valence-corrected chi connectivity index (χ3v) is 15.6. The second kappa shape index (κ2) is 11.0. The van der Waals surface area contributed by atoms with Crippen LogP contribution in [0.3, 0.4) is 0 Å². The summed E-state index contributed by atoms with van der Waals surface area (Å²) < 4.78 is 31.1. The summed E-state index contributed by atoms with van der Waals surface area (Å²) in [5.41, 5.74) is 2.73. The van der Waals surface area contributed by atoms with Gasteiger partial charge in [0.1, 0.15) is 0 Å². The van der Waals surface area contributed by atoms with E-state index >= 15 is 0 Å². The average Bonchev–Trinajstić information content (AvgIpc) is 3.20. The van der Waals surface area contributed by atoms with Crippen molar-refractivity contribution < 1.29 is 12.8 Å². The molecule has 1 aliphatic heterocycles. The van der Waals surface area contributed by atoms with E-state index in [1.54, 1.807) is 13.8 Å². The molecule has 0 bridgehead atoms. The lowest BCUT2D eigenvalue weighted by Crippen LogP contribution is -2.44. The lowest BCUT2D eigenvalue weighted by Gasteiger charge is -2.38. The molecule has 4 nitrogen and oxygen atoms in total. The Labute approximate surface area is 210 Å². The summed E-state index contributed by atoms with van der Waals surface area (Å²) in [4.78, 5) is 2.48. The Bertz CT molecular complexity index is 881. The molecule has 34 heavy (non-hydrogen) atoms. The molecular formula is C28H49NO3SSi. The number of nitrogens with zero attached hydrogens (tertiary/aromatic N) is 1. The molecule has 1 aliphatic carbocycles. The van der Waals surface area contributed by atoms with E-state index in [0.29, 0.717) is 17.8 Å². The van der Waals surface area contributed by atoms with Crippen molar-refractivity contribution in [3.8, 4) is 0 Å². The first-order chi connectivity index (χ1) is 15.8. The van der Waals surface area contributed by atoms with E-state index in [0.717, 1.165) is 44.7 Å². The van der Waals surface area contributed by atoms with Crippen LogP contribution >= 0.6 is 0 Å². The SMILES string of the molecule is CC(C)S(=O)(=O)CC1CCC(CCc2ccc(N3CCC(O[Si](C)(C)C(C)(C)C)C3)cc2)CC1. The Hall–Kier alpha value is -0.853. The number of benzene rings is 1. The second-order valence-corrected chi connectivity index (χ2v) is 20.1. The largest absolute Gasteiger partial charge is 0.412 e. The van der Waals surface area contributed by atoms with Gasteiger partial charge in [0.05, 0.1) is 17.1 Å². The van der Waals surface area contributed by atoms with Gasteiger partial charge in [0.25, 0.3) is 0 Å². The van der Waals surface area contributed by atoms with E-state index in [1.165, 1.54) is 30.5 Å². The van der Waals surface area contributed by atoms with Gasteiger partial charge in [-0.25, -0.2) is 8.42 Å². The van der Waals surface area contributed by atoms with E-state index in [9.17, 15) is 8.42 Å². The monoisotopic (exact) mass is 507 g/mol. The van der Waals surface area contributed by atoms with Crippen LogP contribution in [-0.2, 0) is 20.7 Å². The van der Waals surface area contributed by atoms with Gasteiger partial charge in [0.2, 0.25) is 0 Å². The fourth-order valence-corrected chi connectivity index (χ4v) is 7.86. The third kappa shape index (κ3) is 7.33. The van der Waals surface area contributed by atoms with E-state index in [2.05, 4.69) is 63.0 Å². The summed E-state index contributed by atoms with van der Waals surface area (Å²) in [6.07, 6.45) is 8.32. The van der Waals surface area contributed by atoms with Crippen LogP contribution < -0.4 is 4.90 Å². The molecule has 0 amide bonds. The highest BCUT2D eigenvalue weighted by atomic mass is 32.2.